The Hall–Kier alpha value is -1.11. The molecule has 0 aliphatic heterocycles. The van der Waals surface area contributed by atoms with Crippen LogP contribution >= 0.6 is 0 Å². The van der Waals surface area contributed by atoms with Gasteiger partial charge in [0.15, 0.2) is 0 Å². The van der Waals surface area contributed by atoms with Crippen LogP contribution in [0.5, 0.6) is 0 Å². The lowest BCUT2D eigenvalue weighted by Crippen LogP contribution is -2.33. The molecule has 19 heavy (non-hydrogen) atoms. The Bertz CT molecular complexity index is 518. The minimum absolute atomic E-state index is 0.242. The second-order valence-corrected chi connectivity index (χ2v) is 6.38. The van der Waals surface area contributed by atoms with Gasteiger partial charge in [-0.2, -0.15) is 4.31 Å². The topological polar surface area (TPSA) is 72.6 Å². The number of nitrogens with two attached hydrogens (primary N) is 1. The highest BCUT2D eigenvalue weighted by Crippen LogP contribution is 2.23. The molecule has 0 saturated carbocycles. The Kier molecular flexibility index (Phi) is 5.34. The Morgan fingerprint density at radius 1 is 1.32 bits per heavy atom. The van der Waals surface area contributed by atoms with E-state index in [1.807, 2.05) is 13.8 Å². The summed E-state index contributed by atoms with van der Waals surface area (Å²) in [5.41, 5.74) is 8.15. The van der Waals surface area contributed by atoms with Crippen molar-refractivity contribution in [2.45, 2.75) is 25.7 Å². The summed E-state index contributed by atoms with van der Waals surface area (Å²) >= 11 is 0. The highest BCUT2D eigenvalue weighted by molar-refractivity contribution is 7.89. The lowest BCUT2D eigenvalue weighted by atomic mass is 10.1. The molecule has 1 rings (SSSR count). The van der Waals surface area contributed by atoms with Crippen molar-refractivity contribution in [1.82, 2.24) is 4.31 Å². The highest BCUT2D eigenvalue weighted by Gasteiger charge is 2.23. The number of benzene rings is 1. The van der Waals surface area contributed by atoms with Crippen molar-refractivity contribution < 1.29 is 13.2 Å². The van der Waals surface area contributed by atoms with Crippen LogP contribution in [0.25, 0.3) is 0 Å². The minimum atomic E-state index is -3.51. The molecule has 0 heterocycles. The van der Waals surface area contributed by atoms with Crippen LogP contribution in [0.3, 0.4) is 0 Å². The Labute approximate surface area is 115 Å². The predicted molar refractivity (Wildman–Crippen MR) is 76.6 cm³/mol. The van der Waals surface area contributed by atoms with E-state index in [1.165, 1.54) is 10.4 Å². The number of methoxy groups -OCH3 is 1. The molecule has 1 aromatic rings. The van der Waals surface area contributed by atoms with E-state index in [0.29, 0.717) is 25.4 Å². The summed E-state index contributed by atoms with van der Waals surface area (Å²) in [6, 6.07) is 3.18. The molecule has 1 aromatic carbocycles. The van der Waals surface area contributed by atoms with Gasteiger partial charge in [0, 0.05) is 25.9 Å². The van der Waals surface area contributed by atoms with Crippen molar-refractivity contribution in [3.05, 3.63) is 23.3 Å². The smallest absolute Gasteiger partial charge is 0.243 e. The van der Waals surface area contributed by atoms with Gasteiger partial charge >= 0.3 is 0 Å². The molecule has 5 nitrogen and oxygen atoms in total. The average Bonchev–Trinajstić information content (AvgIpc) is 2.36. The summed E-state index contributed by atoms with van der Waals surface area (Å²) in [7, 11) is -1.96. The van der Waals surface area contributed by atoms with Gasteiger partial charge in [0.25, 0.3) is 0 Å². The fourth-order valence-electron chi connectivity index (χ4n) is 1.79. The first-order valence-electron chi connectivity index (χ1n) is 6.20. The first-order chi connectivity index (χ1) is 8.84. The second-order valence-electron chi connectivity index (χ2n) is 4.44. The molecule has 0 saturated heterocycles. The highest BCUT2D eigenvalue weighted by atomic mass is 32.2. The molecule has 0 radical (unpaired) electrons. The molecule has 0 atom stereocenters. The minimum Gasteiger partial charge on any atom is -0.398 e. The van der Waals surface area contributed by atoms with E-state index in [9.17, 15) is 8.42 Å². The zero-order valence-corrected chi connectivity index (χ0v) is 12.8. The lowest BCUT2D eigenvalue weighted by molar-refractivity contribution is 0.180. The molecule has 0 aliphatic rings. The van der Waals surface area contributed by atoms with Gasteiger partial charge in [0.2, 0.25) is 10.0 Å². The number of likely N-dealkylation sites (N-methyl/N-ethyl adjacent to an activating group) is 1. The zero-order chi connectivity index (χ0) is 14.6. The van der Waals surface area contributed by atoms with Crippen LogP contribution in [0.15, 0.2) is 17.0 Å². The molecule has 2 N–H and O–H groups in total. The fraction of sp³-hybridized carbons (Fsp3) is 0.538. The maximum Gasteiger partial charge on any atom is 0.243 e. The molecular weight excluding hydrogens is 264 g/mol. The monoisotopic (exact) mass is 286 g/mol. The largest absolute Gasteiger partial charge is 0.398 e. The molecule has 0 bridgehead atoms. The number of ether oxygens (including phenoxy) is 1. The predicted octanol–water partition coefficient (Wildman–Crippen LogP) is 1.54. The van der Waals surface area contributed by atoms with E-state index in [4.69, 9.17) is 10.5 Å². The zero-order valence-electron chi connectivity index (χ0n) is 11.9. The van der Waals surface area contributed by atoms with Gasteiger partial charge in [0.05, 0.1) is 11.5 Å². The van der Waals surface area contributed by atoms with Crippen LogP contribution in [0.1, 0.15) is 18.1 Å². The average molecular weight is 286 g/mol. The molecule has 108 valence electrons. The van der Waals surface area contributed by atoms with Gasteiger partial charge in [-0.15, -0.1) is 0 Å². The SMILES string of the molecule is CCN(CCOC)S(=O)(=O)c1cc(C)c(C)c(N)c1. The van der Waals surface area contributed by atoms with E-state index < -0.39 is 10.0 Å². The number of sulfonamides is 1. The van der Waals surface area contributed by atoms with Gasteiger partial charge in [-0.25, -0.2) is 8.42 Å². The number of anilines is 1. The van der Waals surface area contributed by atoms with E-state index in [1.54, 1.807) is 20.1 Å². The Morgan fingerprint density at radius 2 is 1.95 bits per heavy atom. The van der Waals surface area contributed by atoms with E-state index >= 15 is 0 Å². The third kappa shape index (κ3) is 3.46. The number of nitrogen functional groups attached to an aromatic ring is 1. The van der Waals surface area contributed by atoms with Gasteiger partial charge in [-0.05, 0) is 37.1 Å². The van der Waals surface area contributed by atoms with Crippen molar-refractivity contribution in [3.8, 4) is 0 Å². The molecule has 0 aromatic heterocycles. The van der Waals surface area contributed by atoms with Crippen LogP contribution in [0.4, 0.5) is 5.69 Å². The summed E-state index contributed by atoms with van der Waals surface area (Å²) < 4.78 is 31.3. The molecule has 0 spiro atoms. The van der Waals surface area contributed by atoms with E-state index in [0.717, 1.165) is 11.1 Å². The number of hydrogen-bond acceptors (Lipinski definition) is 4. The van der Waals surface area contributed by atoms with Crippen LogP contribution < -0.4 is 5.73 Å². The lowest BCUT2D eigenvalue weighted by Gasteiger charge is -2.21. The number of rotatable bonds is 6. The third-order valence-electron chi connectivity index (χ3n) is 3.22. The van der Waals surface area contributed by atoms with Crippen LogP contribution in [0, 0.1) is 13.8 Å². The number of nitrogens with zero attached hydrogens (tertiary/aromatic N) is 1. The van der Waals surface area contributed by atoms with Gasteiger partial charge < -0.3 is 10.5 Å². The van der Waals surface area contributed by atoms with Crippen molar-refractivity contribution in [2.75, 3.05) is 32.5 Å². The normalized spacial score (nSPS) is 12.1. The van der Waals surface area contributed by atoms with E-state index in [-0.39, 0.29) is 4.90 Å². The van der Waals surface area contributed by atoms with Gasteiger partial charge in [0.1, 0.15) is 0 Å². The van der Waals surface area contributed by atoms with Crippen molar-refractivity contribution in [1.29, 1.82) is 0 Å². The third-order valence-corrected chi connectivity index (χ3v) is 5.17. The molecule has 0 fully saturated rings. The van der Waals surface area contributed by atoms with Crippen LogP contribution in [-0.2, 0) is 14.8 Å². The molecule has 0 aliphatic carbocycles. The maximum atomic E-state index is 12.5. The number of hydrogen-bond donors (Lipinski definition) is 1. The summed E-state index contributed by atoms with van der Waals surface area (Å²) in [6.45, 7) is 6.64. The molecule has 0 amide bonds. The fourth-order valence-corrected chi connectivity index (χ4v) is 3.35. The Morgan fingerprint density at radius 3 is 2.42 bits per heavy atom. The molecular formula is C13H22N2O3S. The quantitative estimate of drug-likeness (QED) is 0.805. The summed E-state index contributed by atoms with van der Waals surface area (Å²) in [6.07, 6.45) is 0. The molecule has 6 heteroatoms. The Balaban J connectivity index is 3.18. The van der Waals surface area contributed by atoms with Crippen LogP contribution in [0.2, 0.25) is 0 Å². The van der Waals surface area contributed by atoms with Crippen molar-refractivity contribution in [3.63, 3.8) is 0 Å². The standard InChI is InChI=1S/C13H22N2O3S/c1-5-15(6-7-18-4)19(16,17)12-8-10(2)11(3)13(14)9-12/h8-9H,5-7,14H2,1-4H3. The summed E-state index contributed by atoms with van der Waals surface area (Å²) in [5, 5.41) is 0. The van der Waals surface area contributed by atoms with E-state index in [2.05, 4.69) is 0 Å². The maximum absolute atomic E-state index is 12.5. The van der Waals surface area contributed by atoms with Crippen molar-refractivity contribution in [2.24, 2.45) is 0 Å². The summed E-state index contributed by atoms with van der Waals surface area (Å²) in [5.74, 6) is 0. The van der Waals surface area contributed by atoms with Crippen molar-refractivity contribution >= 4 is 15.7 Å². The first-order valence-corrected chi connectivity index (χ1v) is 7.64. The summed E-state index contributed by atoms with van der Waals surface area (Å²) in [4.78, 5) is 0.242. The number of aryl methyl sites for hydroxylation is 1. The van der Waals surface area contributed by atoms with Crippen LogP contribution in [-0.4, -0.2) is 39.5 Å². The second kappa shape index (κ2) is 6.36. The van der Waals surface area contributed by atoms with Gasteiger partial charge in [-0.1, -0.05) is 6.92 Å². The molecule has 0 unspecified atom stereocenters. The van der Waals surface area contributed by atoms with Gasteiger partial charge in [-0.3, -0.25) is 0 Å². The first kappa shape index (κ1) is 15.9.